The molecule has 1 aliphatic rings. The normalized spacial score (nSPS) is 14.3. The van der Waals surface area contributed by atoms with Crippen molar-refractivity contribution in [1.82, 2.24) is 4.90 Å². The second kappa shape index (κ2) is 9.39. The third-order valence-corrected chi connectivity index (χ3v) is 7.43. The fourth-order valence-electron chi connectivity index (χ4n) is 3.48. The lowest BCUT2D eigenvalue weighted by molar-refractivity contribution is -0.134. The lowest BCUT2D eigenvalue weighted by atomic mass is 10.1. The molecule has 1 fully saturated rings. The van der Waals surface area contributed by atoms with E-state index in [1.807, 2.05) is 54.6 Å². The van der Waals surface area contributed by atoms with Crippen LogP contribution in [0.15, 0.2) is 77.4 Å². The Morgan fingerprint density at radius 1 is 0.968 bits per heavy atom. The van der Waals surface area contributed by atoms with Crippen LogP contribution in [0.2, 0.25) is 0 Å². The zero-order valence-electron chi connectivity index (χ0n) is 17.1. The van der Waals surface area contributed by atoms with Crippen LogP contribution in [0.4, 0.5) is 0 Å². The predicted molar refractivity (Wildman–Crippen MR) is 117 cm³/mol. The van der Waals surface area contributed by atoms with Gasteiger partial charge in [0, 0.05) is 19.5 Å². The van der Waals surface area contributed by atoms with Crippen LogP contribution in [0.5, 0.6) is 5.75 Å². The zero-order valence-corrected chi connectivity index (χ0v) is 18.0. The van der Waals surface area contributed by atoms with Crippen molar-refractivity contribution in [2.24, 2.45) is 0 Å². The summed E-state index contributed by atoms with van der Waals surface area (Å²) in [6.45, 7) is 1.03. The number of hydrogen-bond acceptors (Lipinski definition) is 5. The lowest BCUT2D eigenvalue weighted by Gasteiger charge is -2.38. The summed E-state index contributed by atoms with van der Waals surface area (Å²) < 4.78 is 35.7. The SMILES string of the molecule is O=C(CCc1ccc(OCc2ccccc2)cc1)N1CC(S(=O)(=O)Cc2ccco2)C1. The summed E-state index contributed by atoms with van der Waals surface area (Å²) in [4.78, 5) is 14.0. The Morgan fingerprint density at radius 3 is 2.39 bits per heavy atom. The number of furan rings is 1. The molecule has 4 rings (SSSR count). The van der Waals surface area contributed by atoms with Crippen molar-refractivity contribution in [3.05, 3.63) is 89.9 Å². The molecule has 7 heteroatoms. The number of ether oxygens (including phenoxy) is 1. The number of aryl methyl sites for hydroxylation is 1. The number of carbonyl (C=O) groups excluding carboxylic acids is 1. The van der Waals surface area contributed by atoms with E-state index >= 15 is 0 Å². The molecule has 0 saturated carbocycles. The zero-order chi connectivity index (χ0) is 21.7. The molecule has 0 radical (unpaired) electrons. The Labute approximate surface area is 182 Å². The monoisotopic (exact) mass is 439 g/mol. The van der Waals surface area contributed by atoms with E-state index in [4.69, 9.17) is 9.15 Å². The molecule has 0 spiro atoms. The summed E-state index contributed by atoms with van der Waals surface area (Å²) in [7, 11) is -3.31. The van der Waals surface area contributed by atoms with Gasteiger partial charge in [-0.2, -0.15) is 0 Å². The van der Waals surface area contributed by atoms with Gasteiger partial charge in [0.2, 0.25) is 5.91 Å². The van der Waals surface area contributed by atoms with Crippen molar-refractivity contribution >= 4 is 15.7 Å². The average molecular weight is 440 g/mol. The third kappa shape index (κ3) is 5.55. The van der Waals surface area contributed by atoms with Crippen molar-refractivity contribution in [3.8, 4) is 5.75 Å². The molecule has 1 aromatic heterocycles. The van der Waals surface area contributed by atoms with Crippen LogP contribution in [-0.4, -0.2) is 37.6 Å². The molecule has 1 amide bonds. The maximum absolute atomic E-state index is 12.4. The molecule has 31 heavy (non-hydrogen) atoms. The largest absolute Gasteiger partial charge is 0.489 e. The standard InChI is InChI=1S/C24H25NO5S/c26-24(25-15-23(16-25)31(27,28)18-22-7-4-14-29-22)13-10-19-8-11-21(12-9-19)30-17-20-5-2-1-3-6-20/h1-9,11-12,14,23H,10,13,15-18H2. The van der Waals surface area contributed by atoms with E-state index in [0.717, 1.165) is 16.9 Å². The van der Waals surface area contributed by atoms with E-state index in [9.17, 15) is 13.2 Å². The van der Waals surface area contributed by atoms with Crippen LogP contribution in [-0.2, 0) is 33.4 Å². The average Bonchev–Trinajstić information content (AvgIpc) is 3.23. The van der Waals surface area contributed by atoms with Crippen LogP contribution < -0.4 is 4.74 Å². The number of amides is 1. The smallest absolute Gasteiger partial charge is 0.222 e. The van der Waals surface area contributed by atoms with Crippen molar-refractivity contribution in [2.75, 3.05) is 13.1 Å². The first-order valence-electron chi connectivity index (χ1n) is 10.3. The minimum atomic E-state index is -3.31. The number of nitrogens with zero attached hydrogens (tertiary/aromatic N) is 1. The maximum Gasteiger partial charge on any atom is 0.222 e. The van der Waals surface area contributed by atoms with E-state index in [1.54, 1.807) is 17.0 Å². The third-order valence-electron chi connectivity index (χ3n) is 5.43. The summed E-state index contributed by atoms with van der Waals surface area (Å²) in [5.74, 6) is 1.08. The fourth-order valence-corrected chi connectivity index (χ4v) is 5.09. The van der Waals surface area contributed by atoms with Gasteiger partial charge in [-0.15, -0.1) is 0 Å². The first-order valence-corrected chi connectivity index (χ1v) is 12.0. The number of likely N-dealkylation sites (tertiary alicyclic amines) is 1. The number of carbonyl (C=O) groups is 1. The molecule has 0 unspecified atom stereocenters. The molecule has 1 saturated heterocycles. The van der Waals surface area contributed by atoms with Crippen molar-refractivity contribution in [3.63, 3.8) is 0 Å². The second-order valence-corrected chi connectivity index (χ2v) is 10.0. The van der Waals surface area contributed by atoms with Gasteiger partial charge in [0.05, 0.1) is 11.5 Å². The van der Waals surface area contributed by atoms with Crippen LogP contribution >= 0.6 is 0 Å². The molecular weight excluding hydrogens is 414 g/mol. The van der Waals surface area contributed by atoms with Gasteiger partial charge >= 0.3 is 0 Å². The molecule has 1 aliphatic heterocycles. The van der Waals surface area contributed by atoms with Gasteiger partial charge in [0.15, 0.2) is 9.84 Å². The van der Waals surface area contributed by atoms with Gasteiger partial charge in [-0.05, 0) is 41.8 Å². The van der Waals surface area contributed by atoms with Crippen molar-refractivity contribution in [1.29, 1.82) is 0 Å². The fraction of sp³-hybridized carbons (Fsp3) is 0.292. The highest BCUT2D eigenvalue weighted by Gasteiger charge is 2.39. The molecule has 0 aliphatic carbocycles. The quantitative estimate of drug-likeness (QED) is 0.509. The molecule has 162 valence electrons. The van der Waals surface area contributed by atoms with Crippen molar-refractivity contribution < 1.29 is 22.4 Å². The molecule has 3 aromatic rings. The van der Waals surface area contributed by atoms with E-state index in [0.29, 0.717) is 25.2 Å². The van der Waals surface area contributed by atoms with Crippen molar-refractivity contribution in [2.45, 2.75) is 30.5 Å². The lowest BCUT2D eigenvalue weighted by Crippen LogP contribution is -2.57. The second-order valence-electron chi connectivity index (χ2n) is 7.73. The molecule has 0 bridgehead atoms. The summed E-state index contributed by atoms with van der Waals surface area (Å²) in [6.07, 6.45) is 2.43. The first-order chi connectivity index (χ1) is 15.0. The van der Waals surface area contributed by atoms with Gasteiger partial charge in [-0.1, -0.05) is 42.5 Å². The highest BCUT2D eigenvalue weighted by atomic mass is 32.2. The Hall–Kier alpha value is -3.06. The van der Waals surface area contributed by atoms with E-state index in [2.05, 4.69) is 0 Å². The van der Waals surface area contributed by atoms with Crippen LogP contribution in [0.25, 0.3) is 0 Å². The van der Waals surface area contributed by atoms with E-state index in [-0.39, 0.29) is 24.7 Å². The minimum absolute atomic E-state index is 0.0196. The molecular formula is C24H25NO5S. The van der Waals surface area contributed by atoms with Gasteiger partial charge in [-0.3, -0.25) is 4.79 Å². The first kappa shape index (κ1) is 21.2. The van der Waals surface area contributed by atoms with Crippen LogP contribution in [0.1, 0.15) is 23.3 Å². The van der Waals surface area contributed by atoms with Gasteiger partial charge in [0.1, 0.15) is 23.9 Å². The molecule has 0 N–H and O–H groups in total. The number of benzene rings is 2. The van der Waals surface area contributed by atoms with Gasteiger partial charge in [-0.25, -0.2) is 8.42 Å². The predicted octanol–water partition coefficient (Wildman–Crippen LogP) is 3.62. The van der Waals surface area contributed by atoms with E-state index in [1.165, 1.54) is 6.26 Å². The molecule has 2 heterocycles. The number of hydrogen-bond donors (Lipinski definition) is 0. The Balaban J connectivity index is 1.20. The molecule has 0 atom stereocenters. The summed E-state index contributed by atoms with van der Waals surface area (Å²) in [5, 5.41) is -0.511. The highest BCUT2D eigenvalue weighted by molar-refractivity contribution is 7.91. The topological polar surface area (TPSA) is 76.8 Å². The Kier molecular flexibility index (Phi) is 6.42. The highest BCUT2D eigenvalue weighted by Crippen LogP contribution is 2.22. The van der Waals surface area contributed by atoms with Gasteiger partial charge < -0.3 is 14.1 Å². The maximum atomic E-state index is 12.4. The number of rotatable bonds is 9. The molecule has 6 nitrogen and oxygen atoms in total. The van der Waals surface area contributed by atoms with Crippen LogP contribution in [0.3, 0.4) is 0 Å². The molecule has 2 aromatic carbocycles. The Morgan fingerprint density at radius 2 is 1.71 bits per heavy atom. The van der Waals surface area contributed by atoms with Gasteiger partial charge in [0.25, 0.3) is 0 Å². The Bertz CT molecular complexity index is 1090. The summed E-state index contributed by atoms with van der Waals surface area (Å²) in [6, 6.07) is 21.0. The van der Waals surface area contributed by atoms with E-state index < -0.39 is 15.1 Å². The summed E-state index contributed by atoms with van der Waals surface area (Å²) >= 11 is 0. The van der Waals surface area contributed by atoms with Crippen LogP contribution in [0, 0.1) is 0 Å². The minimum Gasteiger partial charge on any atom is -0.489 e. The summed E-state index contributed by atoms with van der Waals surface area (Å²) in [5.41, 5.74) is 2.15. The number of sulfone groups is 1.